The lowest BCUT2D eigenvalue weighted by atomic mass is 9.98. The Hall–Kier alpha value is -2.71. The largest absolute Gasteiger partial charge is 0.481 e. The molecule has 1 aliphatic rings. The molecule has 0 saturated carbocycles. The van der Waals surface area contributed by atoms with Gasteiger partial charge in [0.25, 0.3) is 17.2 Å². The van der Waals surface area contributed by atoms with E-state index in [2.05, 4.69) is 4.98 Å². The van der Waals surface area contributed by atoms with Crippen molar-refractivity contribution in [2.45, 2.75) is 12.8 Å². The zero-order chi connectivity index (χ0) is 15.6. The molecule has 1 atom stereocenters. The van der Waals surface area contributed by atoms with E-state index in [1.165, 1.54) is 4.90 Å². The number of amides is 1. The zero-order valence-corrected chi connectivity index (χ0v) is 10.9. The van der Waals surface area contributed by atoms with Gasteiger partial charge in [0, 0.05) is 19.2 Å². The Balaban J connectivity index is 2.27. The summed E-state index contributed by atoms with van der Waals surface area (Å²) in [6.45, 7) is 0.320. The SMILES string of the molecule is O=C(O)[C@H]1CCCN(C(=O)c2cc([N+](=O)[O-])c[nH]c2=O)C1. The number of aromatic nitrogens is 1. The number of hydrogen-bond donors (Lipinski definition) is 2. The topological polar surface area (TPSA) is 134 Å². The van der Waals surface area contributed by atoms with E-state index < -0.39 is 34.0 Å². The average Bonchev–Trinajstić information content (AvgIpc) is 2.47. The molecule has 0 aromatic carbocycles. The minimum atomic E-state index is -1.000. The highest BCUT2D eigenvalue weighted by molar-refractivity contribution is 5.94. The van der Waals surface area contributed by atoms with E-state index >= 15 is 0 Å². The minimum absolute atomic E-state index is 0.00367. The van der Waals surface area contributed by atoms with Crippen molar-refractivity contribution < 1.29 is 19.6 Å². The van der Waals surface area contributed by atoms with Crippen LogP contribution in [0.1, 0.15) is 23.2 Å². The number of nitro groups is 1. The Morgan fingerprint density at radius 3 is 2.81 bits per heavy atom. The van der Waals surface area contributed by atoms with Crippen LogP contribution in [0.3, 0.4) is 0 Å². The number of carboxylic acids is 1. The lowest BCUT2D eigenvalue weighted by Crippen LogP contribution is -2.43. The number of hydrogen-bond acceptors (Lipinski definition) is 5. The molecule has 2 N–H and O–H groups in total. The van der Waals surface area contributed by atoms with Crippen LogP contribution < -0.4 is 5.56 Å². The third kappa shape index (κ3) is 3.07. The molecule has 1 saturated heterocycles. The van der Waals surface area contributed by atoms with Crippen molar-refractivity contribution in [3.63, 3.8) is 0 Å². The molecule has 1 aromatic heterocycles. The predicted octanol–water partition coefficient (Wildman–Crippen LogP) is 0.220. The van der Waals surface area contributed by atoms with E-state index in [0.717, 1.165) is 12.3 Å². The first-order valence-electron chi connectivity index (χ1n) is 6.29. The molecule has 2 heterocycles. The van der Waals surface area contributed by atoms with E-state index in [1.54, 1.807) is 0 Å². The lowest BCUT2D eigenvalue weighted by molar-refractivity contribution is -0.385. The van der Waals surface area contributed by atoms with Crippen LogP contribution in [-0.2, 0) is 4.79 Å². The summed E-state index contributed by atoms with van der Waals surface area (Å²) >= 11 is 0. The van der Waals surface area contributed by atoms with Crippen LogP contribution in [0.25, 0.3) is 0 Å². The summed E-state index contributed by atoms with van der Waals surface area (Å²) in [4.78, 5) is 48.2. The van der Waals surface area contributed by atoms with E-state index in [4.69, 9.17) is 5.11 Å². The summed E-state index contributed by atoms with van der Waals surface area (Å²) in [6, 6.07) is 0.908. The summed E-state index contributed by atoms with van der Waals surface area (Å²) in [5.74, 6) is -2.37. The molecular weight excluding hydrogens is 282 g/mol. The van der Waals surface area contributed by atoms with Crippen molar-refractivity contribution in [3.05, 3.63) is 38.3 Å². The summed E-state index contributed by atoms with van der Waals surface area (Å²) in [5, 5.41) is 19.7. The smallest absolute Gasteiger partial charge is 0.308 e. The summed E-state index contributed by atoms with van der Waals surface area (Å²) < 4.78 is 0. The molecule has 1 aromatic rings. The molecule has 112 valence electrons. The van der Waals surface area contributed by atoms with Gasteiger partial charge < -0.3 is 15.0 Å². The maximum atomic E-state index is 12.3. The number of nitrogens with one attached hydrogen (secondary N) is 1. The highest BCUT2D eigenvalue weighted by Gasteiger charge is 2.30. The molecule has 21 heavy (non-hydrogen) atoms. The Labute approximate surface area is 118 Å². The molecule has 0 radical (unpaired) electrons. The van der Waals surface area contributed by atoms with Crippen LogP contribution in [0.4, 0.5) is 5.69 Å². The van der Waals surface area contributed by atoms with Crippen LogP contribution in [0.5, 0.6) is 0 Å². The van der Waals surface area contributed by atoms with Gasteiger partial charge >= 0.3 is 5.97 Å². The van der Waals surface area contributed by atoms with Gasteiger partial charge in [0.1, 0.15) is 5.56 Å². The molecule has 0 unspecified atom stereocenters. The second kappa shape index (κ2) is 5.73. The first kappa shape index (κ1) is 14.7. The Morgan fingerprint density at radius 2 is 2.19 bits per heavy atom. The van der Waals surface area contributed by atoms with Gasteiger partial charge in [-0.2, -0.15) is 0 Å². The van der Waals surface area contributed by atoms with Gasteiger partial charge in [0.15, 0.2) is 0 Å². The number of piperidine rings is 1. The van der Waals surface area contributed by atoms with Crippen molar-refractivity contribution in [3.8, 4) is 0 Å². The molecule has 1 aliphatic heterocycles. The van der Waals surface area contributed by atoms with Gasteiger partial charge in [-0.25, -0.2) is 0 Å². The van der Waals surface area contributed by atoms with Crippen LogP contribution in [-0.4, -0.2) is 44.9 Å². The minimum Gasteiger partial charge on any atom is -0.481 e. The third-order valence-electron chi connectivity index (χ3n) is 3.39. The number of nitrogens with zero attached hydrogens (tertiary/aromatic N) is 2. The van der Waals surface area contributed by atoms with Crippen molar-refractivity contribution in [1.82, 2.24) is 9.88 Å². The molecular formula is C12H13N3O6. The molecule has 9 nitrogen and oxygen atoms in total. The molecule has 2 rings (SSSR count). The number of pyridine rings is 1. The zero-order valence-electron chi connectivity index (χ0n) is 10.9. The molecule has 0 spiro atoms. The second-order valence-corrected chi connectivity index (χ2v) is 4.79. The van der Waals surface area contributed by atoms with Crippen molar-refractivity contribution in [1.29, 1.82) is 0 Å². The van der Waals surface area contributed by atoms with E-state index in [-0.39, 0.29) is 12.1 Å². The first-order chi connectivity index (χ1) is 9.90. The molecule has 0 aliphatic carbocycles. The Morgan fingerprint density at radius 1 is 1.48 bits per heavy atom. The first-order valence-corrected chi connectivity index (χ1v) is 6.29. The maximum Gasteiger partial charge on any atom is 0.308 e. The van der Waals surface area contributed by atoms with Crippen LogP contribution >= 0.6 is 0 Å². The summed E-state index contributed by atoms with van der Waals surface area (Å²) in [5.41, 5.74) is -1.48. The average molecular weight is 295 g/mol. The van der Waals surface area contributed by atoms with Crippen molar-refractivity contribution in [2.75, 3.05) is 13.1 Å². The molecule has 1 amide bonds. The van der Waals surface area contributed by atoms with Gasteiger partial charge in [0.2, 0.25) is 0 Å². The predicted molar refractivity (Wildman–Crippen MR) is 70.0 cm³/mol. The Bertz CT molecular complexity index is 653. The van der Waals surface area contributed by atoms with Crippen LogP contribution in [0, 0.1) is 16.0 Å². The lowest BCUT2D eigenvalue weighted by Gasteiger charge is -2.30. The molecule has 0 bridgehead atoms. The summed E-state index contributed by atoms with van der Waals surface area (Å²) in [6.07, 6.45) is 1.88. The van der Waals surface area contributed by atoms with E-state index in [1.807, 2.05) is 0 Å². The second-order valence-electron chi connectivity index (χ2n) is 4.79. The van der Waals surface area contributed by atoms with Gasteiger partial charge in [-0.1, -0.05) is 0 Å². The van der Waals surface area contributed by atoms with Crippen LogP contribution in [0.15, 0.2) is 17.1 Å². The van der Waals surface area contributed by atoms with Gasteiger partial charge in [-0.3, -0.25) is 24.5 Å². The van der Waals surface area contributed by atoms with Gasteiger partial charge in [0.05, 0.1) is 17.0 Å². The Kier molecular flexibility index (Phi) is 4.01. The fraction of sp³-hybridized carbons (Fsp3) is 0.417. The summed E-state index contributed by atoms with van der Waals surface area (Å²) in [7, 11) is 0. The number of carboxylic acid groups (broad SMARTS) is 1. The quantitative estimate of drug-likeness (QED) is 0.605. The van der Waals surface area contributed by atoms with Crippen molar-refractivity contribution >= 4 is 17.6 Å². The monoisotopic (exact) mass is 295 g/mol. The van der Waals surface area contributed by atoms with Gasteiger partial charge in [-0.05, 0) is 12.8 Å². The number of carbonyl (C=O) groups is 2. The number of aliphatic carboxylic acids is 1. The van der Waals surface area contributed by atoms with E-state index in [9.17, 15) is 24.5 Å². The standard InChI is InChI=1S/C12H13N3O6/c16-10-9(4-8(5-13-10)15(20)21)11(17)14-3-1-2-7(6-14)12(18)19/h4-5,7H,1-3,6H2,(H,13,16)(H,18,19)/t7-/m0/s1. The highest BCUT2D eigenvalue weighted by atomic mass is 16.6. The normalized spacial score (nSPS) is 18.3. The number of likely N-dealkylation sites (tertiary alicyclic amines) is 1. The number of carbonyl (C=O) groups excluding carboxylic acids is 1. The third-order valence-corrected chi connectivity index (χ3v) is 3.39. The van der Waals surface area contributed by atoms with E-state index in [0.29, 0.717) is 19.4 Å². The van der Waals surface area contributed by atoms with Crippen LogP contribution in [0.2, 0.25) is 0 Å². The van der Waals surface area contributed by atoms with Crippen molar-refractivity contribution in [2.24, 2.45) is 5.92 Å². The number of aromatic amines is 1. The molecule has 1 fully saturated rings. The number of rotatable bonds is 3. The molecule has 9 heteroatoms. The fourth-order valence-corrected chi connectivity index (χ4v) is 2.27. The highest BCUT2D eigenvalue weighted by Crippen LogP contribution is 2.19. The van der Waals surface area contributed by atoms with Gasteiger partial charge in [-0.15, -0.1) is 0 Å². The fourth-order valence-electron chi connectivity index (χ4n) is 2.27. The maximum absolute atomic E-state index is 12.3. The number of H-pyrrole nitrogens is 1.